The number of hydrogen-bond donors (Lipinski definition) is 0. The van der Waals surface area contributed by atoms with Crippen LogP contribution in [0.25, 0.3) is 360 Å². The summed E-state index contributed by atoms with van der Waals surface area (Å²) in [6.07, 6.45) is 0. The Morgan fingerprint density at radius 3 is 0.623 bits per heavy atom. The molecule has 0 aliphatic heterocycles. The fourth-order valence-corrected chi connectivity index (χ4v) is 26.8. The molecule has 18 heterocycles. The summed E-state index contributed by atoms with van der Waals surface area (Å²) in [5, 5.41) is 44.1. The Labute approximate surface area is 771 Å². The van der Waals surface area contributed by atoms with Gasteiger partial charge in [-0.1, -0.05) is 231 Å². The van der Waals surface area contributed by atoms with Crippen molar-refractivity contribution in [3.63, 3.8) is 0 Å². The van der Waals surface area contributed by atoms with Gasteiger partial charge in [-0.2, -0.15) is 0 Å². The van der Waals surface area contributed by atoms with Crippen LogP contribution in [0.2, 0.25) is 0 Å². The zero-order valence-corrected chi connectivity index (χ0v) is 72.8. The van der Waals surface area contributed by atoms with Gasteiger partial charge in [0, 0.05) is 183 Å². The Balaban J connectivity index is 0.0000000866. The third-order valence-corrected chi connectivity index (χ3v) is 32.3. The molecule has 0 atom stereocenters. The van der Waals surface area contributed by atoms with E-state index in [0.29, 0.717) is 0 Å². The third-order valence-electron chi connectivity index (χ3n) is 32.3. The molecule has 21 aromatic carbocycles. The minimum absolute atomic E-state index is 0.922. The second-order valence-electron chi connectivity index (χ2n) is 38.5. The number of benzene rings is 21. The fourth-order valence-electron chi connectivity index (χ4n) is 26.8. The number of hydrogen-bond acceptors (Lipinski definition) is 6. The van der Waals surface area contributed by atoms with Crippen LogP contribution in [0.5, 0.6) is 0 Å². The SMILES string of the molecule is c1ccc2c(c1)oc1c2ccc2c3cccc4c5cc6c(cc5n(c43)c21)c1cccc2c3ccc4c5ccccc5oc4c3n6c12.c1ccc2c(c1)oc1cc3c4cccc5c6cc7c(cc6n(c3cc12)c45)c1cccc2c3cc4oc5ccccc5c4cc3n7c21.c1ccc2c(c1)oc1ccc3c4cccc5c6cc7c(cc6n(c54)c3c12)c1cccc2c3ccc4oc5ccccc5c4c3n7c12. The Hall–Kier alpha value is -18.8. The highest BCUT2D eigenvalue weighted by molar-refractivity contribution is 6.39. The number of rotatable bonds is 0. The number of fused-ring (bicyclic) bond motifs is 58. The van der Waals surface area contributed by atoms with Crippen LogP contribution in [0.1, 0.15) is 0 Å². The van der Waals surface area contributed by atoms with Gasteiger partial charge in [0.2, 0.25) is 0 Å². The van der Waals surface area contributed by atoms with E-state index in [0.717, 1.165) is 132 Å². The van der Waals surface area contributed by atoms with Crippen LogP contribution in [0, 0.1) is 0 Å². The van der Waals surface area contributed by atoms with Gasteiger partial charge in [-0.25, -0.2) is 0 Å². The first-order chi connectivity index (χ1) is 68.5. The molecule has 39 aromatic rings. The van der Waals surface area contributed by atoms with Crippen LogP contribution in [0.3, 0.4) is 0 Å². The van der Waals surface area contributed by atoms with E-state index in [9.17, 15) is 0 Å². The summed E-state index contributed by atoms with van der Waals surface area (Å²) in [6, 6.07) is 132. The highest BCUT2D eigenvalue weighted by Crippen LogP contribution is 2.55. The van der Waals surface area contributed by atoms with E-state index >= 15 is 0 Å². The maximum atomic E-state index is 6.63. The van der Waals surface area contributed by atoms with Crippen LogP contribution in [-0.2, 0) is 0 Å². The quantitative estimate of drug-likeness (QED) is 0.150. The molecule has 0 fully saturated rings. The van der Waals surface area contributed by atoms with Gasteiger partial charge in [-0.05, 0) is 133 Å². The van der Waals surface area contributed by atoms with Crippen LogP contribution >= 0.6 is 0 Å². The normalized spacial score (nSPS) is 13.2. The van der Waals surface area contributed by atoms with Crippen molar-refractivity contribution in [3.05, 3.63) is 364 Å². The first kappa shape index (κ1) is 69.2. The molecule has 0 N–H and O–H groups in total. The number of para-hydroxylation sites is 12. The van der Waals surface area contributed by atoms with Gasteiger partial charge >= 0.3 is 0 Å². The molecule has 18 aromatic heterocycles. The average molecular weight is 1750 g/mol. The van der Waals surface area contributed by atoms with Crippen LogP contribution in [-0.4, -0.2) is 26.4 Å². The average Bonchev–Trinajstić information content (AvgIpc) is 1.51. The van der Waals surface area contributed by atoms with Crippen molar-refractivity contribution in [1.82, 2.24) is 26.4 Å². The molecule has 630 valence electrons. The van der Waals surface area contributed by atoms with E-state index in [1.54, 1.807) is 0 Å². The second-order valence-corrected chi connectivity index (χ2v) is 38.5. The second kappa shape index (κ2) is 23.4. The minimum Gasteiger partial charge on any atom is -0.456 e. The smallest absolute Gasteiger partial charge is 0.160 e. The van der Waals surface area contributed by atoms with Gasteiger partial charge in [0.25, 0.3) is 0 Å². The zero-order valence-electron chi connectivity index (χ0n) is 72.8. The van der Waals surface area contributed by atoms with Gasteiger partial charge in [-0.15, -0.1) is 0 Å². The Bertz CT molecular complexity index is 11900. The number of nitrogens with zero attached hydrogens (tertiary/aromatic N) is 6. The van der Waals surface area contributed by atoms with Crippen molar-refractivity contribution in [2.45, 2.75) is 0 Å². The summed E-state index contributed by atoms with van der Waals surface area (Å²) >= 11 is 0. The van der Waals surface area contributed by atoms with E-state index in [4.69, 9.17) is 26.5 Å². The van der Waals surface area contributed by atoms with Gasteiger partial charge in [0.15, 0.2) is 11.2 Å². The fraction of sp³-hybridized carbons (Fsp3) is 0. The molecular weight excluding hydrogens is 1690 g/mol. The minimum atomic E-state index is 0.922. The van der Waals surface area contributed by atoms with Crippen molar-refractivity contribution >= 4 is 360 Å². The Morgan fingerprint density at radius 1 is 0.109 bits per heavy atom. The summed E-state index contributed by atoms with van der Waals surface area (Å²) in [6.45, 7) is 0. The maximum Gasteiger partial charge on any atom is 0.160 e. The third kappa shape index (κ3) is 7.92. The molecule has 12 nitrogen and oxygen atoms in total. The van der Waals surface area contributed by atoms with Crippen molar-refractivity contribution < 1.29 is 26.5 Å². The lowest BCUT2D eigenvalue weighted by Crippen LogP contribution is -1.84. The summed E-state index contributed by atoms with van der Waals surface area (Å²) in [4.78, 5) is 0. The van der Waals surface area contributed by atoms with Crippen LogP contribution in [0.4, 0.5) is 0 Å². The van der Waals surface area contributed by atoms with Gasteiger partial charge in [0.05, 0.1) is 110 Å². The molecular formula is C126H60N6O6. The lowest BCUT2D eigenvalue weighted by Gasteiger charge is -2.03. The Morgan fingerprint density at radius 2 is 0.304 bits per heavy atom. The monoisotopic (exact) mass is 1750 g/mol. The summed E-state index contributed by atoms with van der Waals surface area (Å²) in [7, 11) is 0. The number of furan rings is 6. The molecule has 0 saturated heterocycles. The topological polar surface area (TPSA) is 105 Å². The first-order valence-corrected chi connectivity index (χ1v) is 47.3. The maximum absolute atomic E-state index is 6.63. The van der Waals surface area contributed by atoms with Crippen molar-refractivity contribution in [1.29, 1.82) is 0 Å². The molecule has 0 aliphatic carbocycles. The predicted molar refractivity (Wildman–Crippen MR) is 571 cm³/mol. The van der Waals surface area contributed by atoms with E-state index in [1.807, 2.05) is 36.4 Å². The van der Waals surface area contributed by atoms with Crippen LogP contribution < -0.4 is 0 Å². The molecule has 39 rings (SSSR count). The standard InChI is InChI=1S/3C42H20N2O2/c1-3-13-37-21(7-1)31-17-35-29(19-39(31)45-37)25-11-5-9-23-27-16-34-28(15-33(27)43(35)41(23)25)24-10-6-12-26-30-20-40-32(18-36(30)44(34)42(24)26)22-8-2-4-14-38(22)46-40;1-3-13-33-27(7-1)37-35(45-33)17-15-25-21-9-5-11-23-29-20-32-30(19-31(29)43(39(21)23)41(25)37)24-12-6-10-22-26-16-18-36-38(42(26)44(32)40(22)24)28-8-2-4-14-34(28)46-36;1-3-13-35-21(7-1)29-17-15-27-23-9-5-11-25-31-20-34-32(19-33(31)43(37(23)25)39(27)41(29)45-35)26-12-6-10-24-28-16-18-30-22-8-2-4-14-36(22)46-42(30)40(28)44(34)38(24)26/h3*1-20H. The Kier molecular flexibility index (Phi) is 11.7. The molecule has 12 heteroatoms. The highest BCUT2D eigenvalue weighted by Gasteiger charge is 2.32. The first-order valence-electron chi connectivity index (χ1n) is 47.3. The molecule has 0 spiro atoms. The molecule has 138 heavy (non-hydrogen) atoms. The van der Waals surface area contributed by atoms with E-state index < -0.39 is 0 Å². The number of aromatic nitrogens is 6. The van der Waals surface area contributed by atoms with E-state index in [2.05, 4.69) is 354 Å². The van der Waals surface area contributed by atoms with E-state index in [-0.39, 0.29) is 0 Å². The van der Waals surface area contributed by atoms with Crippen LogP contribution in [0.15, 0.2) is 390 Å². The predicted octanol–water partition coefficient (Wildman–Crippen LogP) is 35.4. The molecule has 0 aliphatic rings. The summed E-state index contributed by atoms with van der Waals surface area (Å²) in [5.41, 5.74) is 33.2. The molecule has 0 radical (unpaired) electrons. The van der Waals surface area contributed by atoms with Crippen molar-refractivity contribution in [2.75, 3.05) is 0 Å². The van der Waals surface area contributed by atoms with Gasteiger partial charge in [-0.3, -0.25) is 0 Å². The summed E-state index contributed by atoms with van der Waals surface area (Å²) in [5.74, 6) is 0. The molecule has 0 saturated carbocycles. The lowest BCUT2D eigenvalue weighted by molar-refractivity contribution is 0.669. The summed E-state index contributed by atoms with van der Waals surface area (Å²) < 4.78 is 53.6. The van der Waals surface area contributed by atoms with E-state index in [1.165, 1.54) is 228 Å². The highest BCUT2D eigenvalue weighted by atomic mass is 16.3. The van der Waals surface area contributed by atoms with Crippen molar-refractivity contribution in [2.24, 2.45) is 0 Å². The zero-order chi connectivity index (χ0) is 88.2. The largest absolute Gasteiger partial charge is 0.456 e. The van der Waals surface area contributed by atoms with Gasteiger partial charge < -0.3 is 52.9 Å². The molecule has 0 unspecified atom stereocenters. The molecule has 0 bridgehead atoms. The van der Waals surface area contributed by atoms with Gasteiger partial charge in [0.1, 0.15) is 55.8 Å². The lowest BCUT2D eigenvalue weighted by atomic mass is 10.0. The van der Waals surface area contributed by atoms with Crippen molar-refractivity contribution in [3.8, 4) is 0 Å². The molecule has 0 amide bonds.